The molecule has 0 fully saturated rings. The van der Waals surface area contributed by atoms with Gasteiger partial charge < -0.3 is 16.0 Å². The summed E-state index contributed by atoms with van der Waals surface area (Å²) in [6.07, 6.45) is 0. The number of aromatic amines is 1. The molecule has 3 aromatic rings. The van der Waals surface area contributed by atoms with E-state index in [9.17, 15) is 4.39 Å². The van der Waals surface area contributed by atoms with Gasteiger partial charge in [0, 0.05) is 11.4 Å². The maximum absolute atomic E-state index is 13.2. The van der Waals surface area contributed by atoms with Crippen LogP contribution in [0.3, 0.4) is 0 Å². The number of fused-ring (bicyclic) bond motifs is 1. The number of nitrogens with zero attached hydrogens (tertiary/aromatic N) is 1. The van der Waals surface area contributed by atoms with E-state index >= 15 is 0 Å². The van der Waals surface area contributed by atoms with Gasteiger partial charge >= 0.3 is 0 Å². The third kappa shape index (κ3) is 2.22. The molecule has 5 heteroatoms. The molecule has 3 rings (SSSR count). The lowest BCUT2D eigenvalue weighted by Crippen LogP contribution is -1.95. The number of benzene rings is 2. The summed E-state index contributed by atoms with van der Waals surface area (Å²) in [7, 11) is 0. The Morgan fingerprint density at radius 2 is 2.05 bits per heavy atom. The van der Waals surface area contributed by atoms with Crippen LogP contribution in [0, 0.1) is 12.7 Å². The number of nitrogen functional groups attached to an aromatic ring is 1. The summed E-state index contributed by atoms with van der Waals surface area (Å²) in [5, 5.41) is 3.07. The van der Waals surface area contributed by atoms with Crippen molar-refractivity contribution in [2.24, 2.45) is 0 Å². The molecular formula is C14H13FN4. The summed E-state index contributed by atoms with van der Waals surface area (Å²) in [6, 6.07) is 10.0. The number of imidazole rings is 1. The van der Waals surface area contributed by atoms with Crippen LogP contribution < -0.4 is 11.1 Å². The third-order valence-electron chi connectivity index (χ3n) is 2.96. The molecule has 19 heavy (non-hydrogen) atoms. The van der Waals surface area contributed by atoms with Crippen molar-refractivity contribution in [3.63, 3.8) is 0 Å². The summed E-state index contributed by atoms with van der Waals surface area (Å²) in [5.41, 5.74) is 9.67. The first-order valence-electron chi connectivity index (χ1n) is 5.90. The molecule has 0 saturated heterocycles. The van der Waals surface area contributed by atoms with Gasteiger partial charge in [0.2, 0.25) is 5.95 Å². The summed E-state index contributed by atoms with van der Waals surface area (Å²) in [5.74, 6) is 0.280. The largest absolute Gasteiger partial charge is 0.399 e. The molecule has 0 aliphatic carbocycles. The first kappa shape index (κ1) is 11.5. The highest BCUT2D eigenvalue weighted by molar-refractivity contribution is 5.81. The molecule has 96 valence electrons. The van der Waals surface area contributed by atoms with Gasteiger partial charge in [-0.25, -0.2) is 9.37 Å². The SMILES string of the molecule is Cc1ccc(F)cc1Nc1nc2ccc(N)cc2[nH]1. The number of rotatable bonds is 2. The molecule has 0 spiro atoms. The van der Waals surface area contributed by atoms with E-state index in [0.717, 1.165) is 16.6 Å². The summed E-state index contributed by atoms with van der Waals surface area (Å²) < 4.78 is 13.2. The molecule has 0 bridgehead atoms. The van der Waals surface area contributed by atoms with Gasteiger partial charge in [0.25, 0.3) is 0 Å². The highest BCUT2D eigenvalue weighted by atomic mass is 19.1. The van der Waals surface area contributed by atoms with Crippen LogP contribution in [0.2, 0.25) is 0 Å². The Bertz CT molecular complexity index is 748. The van der Waals surface area contributed by atoms with Crippen LogP contribution in [0.25, 0.3) is 11.0 Å². The van der Waals surface area contributed by atoms with Crippen LogP contribution in [0.1, 0.15) is 5.56 Å². The van der Waals surface area contributed by atoms with Crippen molar-refractivity contribution in [3.05, 3.63) is 47.8 Å². The van der Waals surface area contributed by atoms with Gasteiger partial charge in [-0.3, -0.25) is 0 Å². The number of hydrogen-bond donors (Lipinski definition) is 3. The van der Waals surface area contributed by atoms with Crippen LogP contribution in [0.4, 0.5) is 21.7 Å². The first-order chi connectivity index (χ1) is 9.11. The van der Waals surface area contributed by atoms with Gasteiger partial charge in [-0.15, -0.1) is 0 Å². The third-order valence-corrected chi connectivity index (χ3v) is 2.96. The molecule has 0 aliphatic heterocycles. The number of anilines is 3. The number of nitrogens with one attached hydrogen (secondary N) is 2. The molecule has 1 aromatic heterocycles. The molecular weight excluding hydrogens is 243 g/mol. The maximum atomic E-state index is 13.2. The normalized spacial score (nSPS) is 10.8. The van der Waals surface area contributed by atoms with E-state index in [4.69, 9.17) is 5.73 Å². The summed E-state index contributed by atoms with van der Waals surface area (Å²) in [4.78, 5) is 7.48. The zero-order chi connectivity index (χ0) is 13.4. The minimum atomic E-state index is -0.284. The smallest absolute Gasteiger partial charge is 0.205 e. The van der Waals surface area contributed by atoms with Crippen LogP contribution in [-0.2, 0) is 0 Å². The van der Waals surface area contributed by atoms with Crippen molar-refractivity contribution in [2.45, 2.75) is 6.92 Å². The van der Waals surface area contributed by atoms with Crippen molar-refractivity contribution in [2.75, 3.05) is 11.1 Å². The second-order valence-corrected chi connectivity index (χ2v) is 4.45. The summed E-state index contributed by atoms with van der Waals surface area (Å²) in [6.45, 7) is 1.91. The molecule has 0 saturated carbocycles. The van der Waals surface area contributed by atoms with Gasteiger partial charge in [-0.05, 0) is 42.8 Å². The van der Waals surface area contributed by atoms with Crippen molar-refractivity contribution in [3.8, 4) is 0 Å². The zero-order valence-corrected chi connectivity index (χ0v) is 10.4. The highest BCUT2D eigenvalue weighted by Crippen LogP contribution is 2.22. The fraction of sp³-hybridized carbons (Fsp3) is 0.0714. The summed E-state index contributed by atoms with van der Waals surface area (Å²) >= 11 is 0. The van der Waals surface area contributed by atoms with Gasteiger partial charge in [0.15, 0.2) is 0 Å². The molecule has 0 atom stereocenters. The second kappa shape index (κ2) is 4.28. The van der Waals surface area contributed by atoms with Gasteiger partial charge in [0.05, 0.1) is 11.0 Å². The van der Waals surface area contributed by atoms with E-state index in [1.54, 1.807) is 12.1 Å². The Morgan fingerprint density at radius 3 is 2.89 bits per heavy atom. The average molecular weight is 256 g/mol. The van der Waals surface area contributed by atoms with Gasteiger partial charge in [-0.1, -0.05) is 6.07 Å². The Morgan fingerprint density at radius 1 is 1.21 bits per heavy atom. The lowest BCUT2D eigenvalue weighted by molar-refractivity contribution is 0.628. The van der Waals surface area contributed by atoms with Gasteiger partial charge in [0.1, 0.15) is 5.82 Å². The Labute approximate surface area is 109 Å². The van der Waals surface area contributed by atoms with Crippen LogP contribution in [0.15, 0.2) is 36.4 Å². The Balaban J connectivity index is 1.98. The number of hydrogen-bond acceptors (Lipinski definition) is 3. The van der Waals surface area contributed by atoms with E-state index in [0.29, 0.717) is 17.3 Å². The van der Waals surface area contributed by atoms with E-state index in [1.165, 1.54) is 12.1 Å². The molecule has 2 aromatic carbocycles. The number of nitrogens with two attached hydrogens (primary N) is 1. The molecule has 0 unspecified atom stereocenters. The quantitative estimate of drug-likeness (QED) is 0.616. The molecule has 4 nitrogen and oxygen atoms in total. The molecule has 0 radical (unpaired) electrons. The second-order valence-electron chi connectivity index (χ2n) is 4.45. The number of H-pyrrole nitrogens is 1. The fourth-order valence-electron chi connectivity index (χ4n) is 1.94. The lowest BCUT2D eigenvalue weighted by atomic mass is 10.2. The Kier molecular flexibility index (Phi) is 2.59. The van der Waals surface area contributed by atoms with Gasteiger partial charge in [-0.2, -0.15) is 0 Å². The number of halogens is 1. The lowest BCUT2D eigenvalue weighted by Gasteiger charge is -2.06. The monoisotopic (exact) mass is 256 g/mol. The van der Waals surface area contributed by atoms with Crippen LogP contribution in [-0.4, -0.2) is 9.97 Å². The molecule has 4 N–H and O–H groups in total. The van der Waals surface area contributed by atoms with E-state index in [1.807, 2.05) is 19.1 Å². The van der Waals surface area contributed by atoms with Crippen molar-refractivity contribution < 1.29 is 4.39 Å². The number of aryl methyl sites for hydroxylation is 1. The Hall–Kier alpha value is -2.56. The highest BCUT2D eigenvalue weighted by Gasteiger charge is 2.05. The van der Waals surface area contributed by atoms with Crippen LogP contribution in [0.5, 0.6) is 0 Å². The zero-order valence-electron chi connectivity index (χ0n) is 10.4. The molecule has 1 heterocycles. The standard InChI is InChI=1S/C14H13FN4/c1-8-2-3-9(15)6-12(8)18-14-17-11-5-4-10(16)7-13(11)19-14/h2-7H,16H2,1H3,(H2,17,18,19). The van der Waals surface area contributed by atoms with Crippen molar-refractivity contribution in [1.29, 1.82) is 0 Å². The maximum Gasteiger partial charge on any atom is 0.205 e. The predicted molar refractivity (Wildman–Crippen MR) is 74.9 cm³/mol. The van der Waals surface area contributed by atoms with E-state index in [2.05, 4.69) is 15.3 Å². The first-order valence-corrected chi connectivity index (χ1v) is 5.90. The molecule has 0 amide bonds. The average Bonchev–Trinajstić information content (AvgIpc) is 2.75. The topological polar surface area (TPSA) is 66.7 Å². The minimum absolute atomic E-state index is 0.284. The molecule has 0 aliphatic rings. The fourth-order valence-corrected chi connectivity index (χ4v) is 1.94. The van der Waals surface area contributed by atoms with Crippen molar-refractivity contribution in [1.82, 2.24) is 9.97 Å². The predicted octanol–water partition coefficient (Wildman–Crippen LogP) is 3.34. The minimum Gasteiger partial charge on any atom is -0.399 e. The van der Waals surface area contributed by atoms with E-state index < -0.39 is 0 Å². The number of aromatic nitrogens is 2. The van der Waals surface area contributed by atoms with Crippen molar-refractivity contribution >= 4 is 28.4 Å². The van der Waals surface area contributed by atoms with Crippen LogP contribution >= 0.6 is 0 Å². The van der Waals surface area contributed by atoms with E-state index in [-0.39, 0.29) is 5.82 Å².